The van der Waals surface area contributed by atoms with Crippen molar-refractivity contribution < 1.29 is 22.7 Å². The lowest BCUT2D eigenvalue weighted by molar-refractivity contribution is -0.141. The number of likely N-dealkylation sites (N-methyl/N-ethyl adjacent to an activating group) is 1. The molecule has 10 heteroatoms. The number of carbonyl (C=O) groups is 2. The second-order valence-electron chi connectivity index (χ2n) is 8.59. The number of nitrogens with zero attached hydrogens (tertiary/aromatic N) is 2. The van der Waals surface area contributed by atoms with Gasteiger partial charge in [-0.3, -0.25) is 13.9 Å². The van der Waals surface area contributed by atoms with Crippen LogP contribution in [0.5, 0.6) is 5.75 Å². The van der Waals surface area contributed by atoms with Gasteiger partial charge in [-0.05, 0) is 50.5 Å². The van der Waals surface area contributed by atoms with Crippen LogP contribution in [0.15, 0.2) is 42.5 Å². The maximum absolute atomic E-state index is 13.4. The number of ether oxygens (including phenoxy) is 1. The lowest BCUT2D eigenvalue weighted by Gasteiger charge is -2.31. The van der Waals surface area contributed by atoms with Crippen molar-refractivity contribution in [2.24, 2.45) is 0 Å². The number of carbonyl (C=O) groups excluding carboxylic acids is 2. The molecule has 8 nitrogen and oxygen atoms in total. The van der Waals surface area contributed by atoms with Gasteiger partial charge in [-0.15, -0.1) is 0 Å². The molecule has 1 N–H and O–H groups in total. The number of amides is 2. The zero-order valence-corrected chi connectivity index (χ0v) is 23.2. The molecule has 0 saturated heterocycles. The Kier molecular flexibility index (Phi) is 11.0. The van der Waals surface area contributed by atoms with Crippen molar-refractivity contribution >= 4 is 39.1 Å². The van der Waals surface area contributed by atoms with Crippen LogP contribution in [0.4, 0.5) is 5.69 Å². The fourth-order valence-electron chi connectivity index (χ4n) is 4.03. The van der Waals surface area contributed by atoms with E-state index in [-0.39, 0.29) is 36.2 Å². The monoisotopic (exact) mass is 537 g/mol. The van der Waals surface area contributed by atoms with E-state index in [4.69, 9.17) is 16.3 Å². The average Bonchev–Trinajstić information content (AvgIpc) is 2.81. The van der Waals surface area contributed by atoms with Gasteiger partial charge in [0.25, 0.3) is 0 Å². The van der Waals surface area contributed by atoms with Crippen molar-refractivity contribution in [2.75, 3.05) is 30.8 Å². The van der Waals surface area contributed by atoms with Gasteiger partial charge < -0.3 is 15.0 Å². The van der Waals surface area contributed by atoms with Crippen molar-refractivity contribution in [3.63, 3.8) is 0 Å². The summed E-state index contributed by atoms with van der Waals surface area (Å²) in [7, 11) is -2.14. The third-order valence-corrected chi connectivity index (χ3v) is 7.24. The van der Waals surface area contributed by atoms with E-state index in [1.165, 1.54) is 17.5 Å². The quantitative estimate of drug-likeness (QED) is 0.414. The van der Waals surface area contributed by atoms with Crippen molar-refractivity contribution in [2.45, 2.75) is 52.6 Å². The molecule has 2 rings (SSSR count). The summed E-state index contributed by atoms with van der Waals surface area (Å²) in [5, 5.41) is 3.10. The van der Waals surface area contributed by atoms with Crippen LogP contribution in [0, 0.1) is 6.92 Å². The summed E-state index contributed by atoms with van der Waals surface area (Å²) < 4.78 is 31.4. The predicted molar refractivity (Wildman–Crippen MR) is 144 cm³/mol. The lowest BCUT2D eigenvalue weighted by Crippen LogP contribution is -2.49. The zero-order chi connectivity index (χ0) is 26.9. The molecule has 2 aromatic carbocycles. The summed E-state index contributed by atoms with van der Waals surface area (Å²) in [6.45, 7) is 6.53. The van der Waals surface area contributed by atoms with E-state index in [0.717, 1.165) is 17.4 Å². The van der Waals surface area contributed by atoms with Gasteiger partial charge >= 0.3 is 0 Å². The van der Waals surface area contributed by atoms with Gasteiger partial charge in [-0.1, -0.05) is 48.4 Å². The summed E-state index contributed by atoms with van der Waals surface area (Å²) in [6.07, 6.45) is 1.92. The maximum Gasteiger partial charge on any atom is 0.242 e. The molecule has 0 heterocycles. The molecule has 2 amide bonds. The van der Waals surface area contributed by atoms with Gasteiger partial charge in [0, 0.05) is 26.1 Å². The summed E-state index contributed by atoms with van der Waals surface area (Å²) in [6, 6.07) is 11.9. The molecule has 0 bridgehead atoms. The van der Waals surface area contributed by atoms with Gasteiger partial charge in [0.1, 0.15) is 11.8 Å². The number of sulfonamides is 1. The molecule has 0 saturated carbocycles. The molecule has 0 fully saturated rings. The fraction of sp³-hybridized carbons (Fsp3) is 0.462. The number of anilines is 1. The number of benzene rings is 2. The van der Waals surface area contributed by atoms with Crippen LogP contribution < -0.4 is 14.4 Å². The van der Waals surface area contributed by atoms with E-state index in [2.05, 4.69) is 5.32 Å². The van der Waals surface area contributed by atoms with E-state index in [1.807, 2.05) is 45.0 Å². The molecule has 0 aliphatic heterocycles. The normalized spacial score (nSPS) is 12.1. The first kappa shape index (κ1) is 29.5. The Balaban J connectivity index is 2.22. The number of hydrogen-bond acceptors (Lipinski definition) is 5. The van der Waals surface area contributed by atoms with Crippen LogP contribution in [-0.2, 0) is 26.2 Å². The minimum absolute atomic E-state index is 0.0810. The van der Waals surface area contributed by atoms with Gasteiger partial charge in [0.2, 0.25) is 21.8 Å². The molecule has 0 aliphatic rings. The number of hydrogen-bond donors (Lipinski definition) is 1. The molecule has 0 unspecified atom stereocenters. The molecular weight excluding hydrogens is 502 g/mol. The van der Waals surface area contributed by atoms with Crippen LogP contribution in [-0.4, -0.2) is 57.6 Å². The zero-order valence-electron chi connectivity index (χ0n) is 21.6. The number of methoxy groups -OCH3 is 1. The molecular formula is C26H36ClN3O5S. The smallest absolute Gasteiger partial charge is 0.242 e. The third kappa shape index (κ3) is 8.13. The van der Waals surface area contributed by atoms with E-state index >= 15 is 0 Å². The predicted octanol–water partition coefficient (Wildman–Crippen LogP) is 4.15. The second-order valence-corrected chi connectivity index (χ2v) is 10.9. The highest BCUT2D eigenvalue weighted by atomic mass is 35.5. The Morgan fingerprint density at radius 2 is 1.86 bits per heavy atom. The van der Waals surface area contributed by atoms with E-state index < -0.39 is 16.1 Å². The van der Waals surface area contributed by atoms with Crippen molar-refractivity contribution in [3.8, 4) is 5.75 Å². The molecule has 2 aromatic rings. The first-order valence-corrected chi connectivity index (χ1v) is 14.2. The Labute approximate surface area is 219 Å². The minimum atomic E-state index is -3.62. The average molecular weight is 538 g/mol. The van der Waals surface area contributed by atoms with Crippen LogP contribution >= 0.6 is 11.6 Å². The standard InChI is InChI=1S/C26H36ClN3O5S/c1-6-23(26(32)28-7-2)29(18-20-11-8-10-19(3)16-20)25(31)12-9-15-30(36(5,33)34)21-13-14-24(35-4)22(27)17-21/h8,10-11,13-14,16-17,23H,6-7,9,12,15,18H2,1-5H3,(H,28,32)/t23-/m0/s1. The first-order valence-electron chi connectivity index (χ1n) is 12.0. The minimum Gasteiger partial charge on any atom is -0.495 e. The van der Waals surface area contributed by atoms with Crippen LogP contribution in [0.3, 0.4) is 0 Å². The summed E-state index contributed by atoms with van der Waals surface area (Å²) in [5.41, 5.74) is 2.38. The van der Waals surface area contributed by atoms with Crippen LogP contribution in [0.2, 0.25) is 5.02 Å². The summed E-state index contributed by atoms with van der Waals surface area (Å²) in [4.78, 5) is 27.7. The summed E-state index contributed by atoms with van der Waals surface area (Å²) >= 11 is 6.20. The Hall–Kier alpha value is -2.78. The molecule has 1 atom stereocenters. The van der Waals surface area contributed by atoms with Gasteiger partial charge in [0.05, 0.1) is 24.1 Å². The van der Waals surface area contributed by atoms with E-state index in [0.29, 0.717) is 30.9 Å². The van der Waals surface area contributed by atoms with Gasteiger partial charge in [-0.25, -0.2) is 8.42 Å². The van der Waals surface area contributed by atoms with Crippen LogP contribution in [0.25, 0.3) is 0 Å². The molecule has 198 valence electrons. The molecule has 0 aliphatic carbocycles. The number of nitrogens with one attached hydrogen (secondary N) is 1. The van der Waals surface area contributed by atoms with Crippen molar-refractivity contribution in [1.82, 2.24) is 10.2 Å². The number of halogens is 1. The second kappa shape index (κ2) is 13.5. The highest BCUT2D eigenvalue weighted by Crippen LogP contribution is 2.30. The Morgan fingerprint density at radius 3 is 2.42 bits per heavy atom. The van der Waals surface area contributed by atoms with Crippen LogP contribution in [0.1, 0.15) is 44.2 Å². The highest BCUT2D eigenvalue weighted by molar-refractivity contribution is 7.92. The fourth-order valence-corrected chi connectivity index (χ4v) is 5.24. The van der Waals surface area contributed by atoms with Gasteiger partial charge in [-0.2, -0.15) is 0 Å². The largest absolute Gasteiger partial charge is 0.495 e. The maximum atomic E-state index is 13.4. The molecule has 36 heavy (non-hydrogen) atoms. The van der Waals surface area contributed by atoms with Crippen molar-refractivity contribution in [3.05, 3.63) is 58.6 Å². The van der Waals surface area contributed by atoms with E-state index in [9.17, 15) is 18.0 Å². The summed E-state index contributed by atoms with van der Waals surface area (Å²) in [5.74, 6) is 0.0225. The highest BCUT2D eigenvalue weighted by Gasteiger charge is 2.28. The topological polar surface area (TPSA) is 96.0 Å². The Bertz CT molecular complexity index is 1160. The Morgan fingerprint density at radius 1 is 1.14 bits per heavy atom. The van der Waals surface area contributed by atoms with Gasteiger partial charge in [0.15, 0.2) is 0 Å². The molecule has 0 radical (unpaired) electrons. The third-order valence-electron chi connectivity index (χ3n) is 5.75. The van der Waals surface area contributed by atoms with E-state index in [1.54, 1.807) is 17.0 Å². The first-order chi connectivity index (χ1) is 17.0. The lowest BCUT2D eigenvalue weighted by atomic mass is 10.1. The number of aryl methyl sites for hydroxylation is 1. The number of rotatable bonds is 13. The molecule has 0 spiro atoms. The molecule has 0 aromatic heterocycles. The van der Waals surface area contributed by atoms with Crippen molar-refractivity contribution in [1.29, 1.82) is 0 Å². The SMILES string of the molecule is CCNC(=O)[C@H](CC)N(Cc1cccc(C)c1)C(=O)CCCN(c1ccc(OC)c(Cl)c1)S(C)(=O)=O.